The summed E-state index contributed by atoms with van der Waals surface area (Å²) in [6, 6.07) is 3.06. The topological polar surface area (TPSA) is 51.2 Å². The standard InChI is InChI=1S/C16H21F3N2O4/c1-23-12-9-14(25-3)13(24-2)8-11(12)15(22)21-6-4-20(5-7-21)10-16(17,18)19/h8-9H,4-7,10H2,1-3H3. The number of carbonyl (C=O) groups excluding carboxylic acids is 1. The smallest absolute Gasteiger partial charge is 0.401 e. The minimum Gasteiger partial charge on any atom is -0.496 e. The molecule has 0 aromatic heterocycles. The van der Waals surface area contributed by atoms with Crippen LogP contribution < -0.4 is 14.2 Å². The van der Waals surface area contributed by atoms with Gasteiger partial charge in [-0.3, -0.25) is 9.69 Å². The summed E-state index contributed by atoms with van der Waals surface area (Å²) in [5.41, 5.74) is 0.282. The van der Waals surface area contributed by atoms with Gasteiger partial charge in [0.1, 0.15) is 5.75 Å². The first-order valence-corrected chi connectivity index (χ1v) is 7.67. The van der Waals surface area contributed by atoms with Crippen molar-refractivity contribution in [1.29, 1.82) is 0 Å². The van der Waals surface area contributed by atoms with Crippen LogP contribution in [0.1, 0.15) is 10.4 Å². The third-order valence-electron chi connectivity index (χ3n) is 4.00. The Hall–Kier alpha value is -2.16. The summed E-state index contributed by atoms with van der Waals surface area (Å²) < 4.78 is 53.0. The van der Waals surface area contributed by atoms with Crippen molar-refractivity contribution in [3.8, 4) is 17.2 Å². The molecule has 6 nitrogen and oxygen atoms in total. The lowest BCUT2D eigenvalue weighted by Gasteiger charge is -2.35. The van der Waals surface area contributed by atoms with Gasteiger partial charge in [0.15, 0.2) is 11.5 Å². The lowest BCUT2D eigenvalue weighted by atomic mass is 10.1. The van der Waals surface area contributed by atoms with Crippen LogP contribution in [0, 0.1) is 0 Å². The van der Waals surface area contributed by atoms with E-state index in [1.807, 2.05) is 0 Å². The summed E-state index contributed by atoms with van der Waals surface area (Å²) in [6.07, 6.45) is -4.24. The van der Waals surface area contributed by atoms with E-state index in [0.29, 0.717) is 17.2 Å². The first-order chi connectivity index (χ1) is 11.8. The maximum Gasteiger partial charge on any atom is 0.401 e. The van der Waals surface area contributed by atoms with Gasteiger partial charge in [-0.15, -0.1) is 0 Å². The molecule has 1 amide bonds. The van der Waals surface area contributed by atoms with Gasteiger partial charge < -0.3 is 19.1 Å². The lowest BCUT2D eigenvalue weighted by Crippen LogP contribution is -2.50. The molecule has 9 heteroatoms. The van der Waals surface area contributed by atoms with E-state index in [-0.39, 0.29) is 37.6 Å². The van der Waals surface area contributed by atoms with E-state index in [9.17, 15) is 18.0 Å². The van der Waals surface area contributed by atoms with Gasteiger partial charge in [-0.25, -0.2) is 0 Å². The second-order valence-corrected chi connectivity index (χ2v) is 5.59. The number of carbonyl (C=O) groups is 1. The molecule has 0 unspecified atom stereocenters. The molecule has 1 aromatic rings. The number of piperazine rings is 1. The number of hydrogen-bond donors (Lipinski definition) is 0. The molecule has 1 fully saturated rings. The molecule has 0 N–H and O–H groups in total. The van der Waals surface area contributed by atoms with Crippen LogP contribution in [0.2, 0.25) is 0 Å². The van der Waals surface area contributed by atoms with Gasteiger partial charge in [0.05, 0.1) is 33.4 Å². The zero-order valence-corrected chi connectivity index (χ0v) is 14.4. The Morgan fingerprint density at radius 1 is 0.960 bits per heavy atom. The molecule has 1 aromatic carbocycles. The minimum absolute atomic E-state index is 0.168. The monoisotopic (exact) mass is 362 g/mol. The molecule has 0 aliphatic carbocycles. The molecule has 140 valence electrons. The van der Waals surface area contributed by atoms with Gasteiger partial charge in [-0.2, -0.15) is 13.2 Å². The molecule has 1 aliphatic rings. The van der Waals surface area contributed by atoms with E-state index in [2.05, 4.69) is 0 Å². The second-order valence-electron chi connectivity index (χ2n) is 5.59. The number of halogens is 3. The van der Waals surface area contributed by atoms with E-state index < -0.39 is 12.7 Å². The van der Waals surface area contributed by atoms with Crippen molar-refractivity contribution in [3.63, 3.8) is 0 Å². The van der Waals surface area contributed by atoms with E-state index in [0.717, 1.165) is 0 Å². The highest BCUT2D eigenvalue weighted by Crippen LogP contribution is 2.35. The van der Waals surface area contributed by atoms with Crippen molar-refractivity contribution in [3.05, 3.63) is 17.7 Å². The Kier molecular flexibility index (Phi) is 5.99. The van der Waals surface area contributed by atoms with Crippen LogP contribution in [0.25, 0.3) is 0 Å². The minimum atomic E-state index is -4.24. The SMILES string of the molecule is COc1cc(OC)c(C(=O)N2CCN(CC(F)(F)F)CC2)cc1OC. The third-order valence-corrected chi connectivity index (χ3v) is 4.00. The number of hydrogen-bond acceptors (Lipinski definition) is 5. The van der Waals surface area contributed by atoms with Crippen molar-refractivity contribution >= 4 is 5.91 Å². The first kappa shape index (κ1) is 19.2. The summed E-state index contributed by atoms with van der Waals surface area (Å²) in [4.78, 5) is 15.5. The summed E-state index contributed by atoms with van der Waals surface area (Å²) in [5, 5.41) is 0. The van der Waals surface area contributed by atoms with Crippen LogP contribution in [-0.4, -0.2) is 75.9 Å². The zero-order chi connectivity index (χ0) is 18.6. The van der Waals surface area contributed by atoms with Gasteiger partial charge in [-0.1, -0.05) is 0 Å². The third kappa shape index (κ3) is 4.68. The normalized spacial score (nSPS) is 15.8. The highest BCUT2D eigenvalue weighted by Gasteiger charge is 2.33. The van der Waals surface area contributed by atoms with Gasteiger partial charge in [-0.05, 0) is 0 Å². The average molecular weight is 362 g/mol. The van der Waals surface area contributed by atoms with Gasteiger partial charge in [0, 0.05) is 38.3 Å². The Morgan fingerprint density at radius 3 is 1.96 bits per heavy atom. The summed E-state index contributed by atoms with van der Waals surface area (Å²) in [7, 11) is 4.35. The van der Waals surface area contributed by atoms with Crippen molar-refractivity contribution in [1.82, 2.24) is 9.80 Å². The van der Waals surface area contributed by atoms with E-state index >= 15 is 0 Å². The van der Waals surface area contributed by atoms with Crippen molar-refractivity contribution in [2.45, 2.75) is 6.18 Å². The van der Waals surface area contributed by atoms with E-state index in [1.165, 1.54) is 37.2 Å². The number of rotatable bonds is 5. The van der Waals surface area contributed by atoms with Gasteiger partial charge in [0.2, 0.25) is 0 Å². The van der Waals surface area contributed by atoms with Gasteiger partial charge >= 0.3 is 6.18 Å². The highest BCUT2D eigenvalue weighted by atomic mass is 19.4. The van der Waals surface area contributed by atoms with Crippen molar-refractivity contribution in [2.24, 2.45) is 0 Å². The highest BCUT2D eigenvalue weighted by molar-refractivity contribution is 5.98. The molecule has 0 spiro atoms. The molecule has 0 saturated carbocycles. The van der Waals surface area contributed by atoms with Crippen LogP contribution in [0.4, 0.5) is 13.2 Å². The molecule has 1 heterocycles. The first-order valence-electron chi connectivity index (χ1n) is 7.67. The molecule has 25 heavy (non-hydrogen) atoms. The zero-order valence-electron chi connectivity index (χ0n) is 14.4. The summed E-state index contributed by atoms with van der Waals surface area (Å²) >= 11 is 0. The predicted octanol–water partition coefficient (Wildman–Crippen LogP) is 2.03. The second kappa shape index (κ2) is 7.81. The Labute approximate surface area is 144 Å². The van der Waals surface area contributed by atoms with E-state index in [1.54, 1.807) is 6.07 Å². The summed E-state index contributed by atoms with van der Waals surface area (Å²) in [6.45, 7) is -0.199. The maximum atomic E-state index is 12.7. The number of amides is 1. The van der Waals surface area contributed by atoms with Crippen LogP contribution in [0.15, 0.2) is 12.1 Å². The molecule has 0 bridgehead atoms. The fraction of sp³-hybridized carbons (Fsp3) is 0.562. The molecule has 2 rings (SSSR count). The molecule has 1 aliphatic heterocycles. The molecule has 1 saturated heterocycles. The van der Waals surface area contributed by atoms with Crippen LogP contribution in [0.3, 0.4) is 0 Å². The Morgan fingerprint density at radius 2 is 1.48 bits per heavy atom. The fourth-order valence-corrected chi connectivity index (χ4v) is 2.73. The van der Waals surface area contributed by atoms with Crippen molar-refractivity contribution in [2.75, 3.05) is 54.1 Å². The number of alkyl halides is 3. The molecular weight excluding hydrogens is 341 g/mol. The molecule has 0 radical (unpaired) electrons. The maximum absolute atomic E-state index is 12.7. The number of benzene rings is 1. The van der Waals surface area contributed by atoms with Crippen LogP contribution in [0.5, 0.6) is 17.2 Å². The van der Waals surface area contributed by atoms with E-state index in [4.69, 9.17) is 14.2 Å². The van der Waals surface area contributed by atoms with Crippen LogP contribution in [-0.2, 0) is 0 Å². The summed E-state index contributed by atoms with van der Waals surface area (Å²) in [5.74, 6) is 0.804. The fourth-order valence-electron chi connectivity index (χ4n) is 2.73. The molecule has 0 atom stereocenters. The number of nitrogens with zero attached hydrogens (tertiary/aromatic N) is 2. The van der Waals surface area contributed by atoms with Crippen molar-refractivity contribution < 1.29 is 32.2 Å². The quantitative estimate of drug-likeness (QED) is 0.802. The number of ether oxygens (including phenoxy) is 3. The predicted molar refractivity (Wildman–Crippen MR) is 84.5 cm³/mol. The van der Waals surface area contributed by atoms with Gasteiger partial charge in [0.25, 0.3) is 5.91 Å². The Balaban J connectivity index is 2.13. The number of methoxy groups -OCH3 is 3. The largest absolute Gasteiger partial charge is 0.496 e. The average Bonchev–Trinajstić information content (AvgIpc) is 2.59. The van der Waals surface area contributed by atoms with Crippen LogP contribution >= 0.6 is 0 Å². The molecular formula is C16H21F3N2O4. The Bertz CT molecular complexity index is 614. The lowest BCUT2D eigenvalue weighted by molar-refractivity contribution is -0.148.